The smallest absolute Gasteiger partial charge is 0.266 e. The summed E-state index contributed by atoms with van der Waals surface area (Å²) in [7, 11) is -8.13. The lowest BCUT2D eigenvalue weighted by Gasteiger charge is -2.20. The minimum absolute atomic E-state index is 0.0554. The Morgan fingerprint density at radius 2 is 1.90 bits per heavy atom. The molecule has 0 unspecified atom stereocenters. The first kappa shape index (κ1) is 17.2. The van der Waals surface area contributed by atoms with Crippen LogP contribution in [0, 0.1) is 0 Å². The van der Waals surface area contributed by atoms with Crippen LogP contribution < -0.4 is 5.73 Å². The van der Waals surface area contributed by atoms with E-state index in [1.807, 2.05) is 0 Å². The van der Waals surface area contributed by atoms with Gasteiger partial charge in [0.25, 0.3) is 10.1 Å². The maximum Gasteiger partial charge on any atom is 0.266 e. The van der Waals surface area contributed by atoms with Gasteiger partial charge < -0.3 is 5.73 Å². The predicted molar refractivity (Wildman–Crippen MR) is 76.7 cm³/mol. The molecule has 0 spiro atoms. The summed E-state index contributed by atoms with van der Waals surface area (Å²) < 4.78 is 55.6. The Kier molecular flexibility index (Phi) is 5.39. The molecular weight excluding hydrogens is 328 g/mol. The lowest BCUT2D eigenvalue weighted by atomic mass is 10.3. The molecule has 0 radical (unpaired) electrons. The number of hydrogen-bond donors (Lipinski definition) is 2. The number of nitrogen functional groups attached to an aromatic ring is 1. The van der Waals surface area contributed by atoms with Gasteiger partial charge in [0.15, 0.2) is 0 Å². The Morgan fingerprint density at radius 1 is 1.30 bits per heavy atom. The van der Waals surface area contributed by atoms with Crippen molar-refractivity contribution < 1.29 is 21.4 Å². The lowest BCUT2D eigenvalue weighted by molar-refractivity contribution is 0.432. The quantitative estimate of drug-likeness (QED) is 0.583. The summed E-state index contributed by atoms with van der Waals surface area (Å²) in [5, 5.41) is 0.0944. The fourth-order valence-corrected chi connectivity index (χ4v) is 3.77. The average Bonchev–Trinajstić information content (AvgIpc) is 2.31. The summed E-state index contributed by atoms with van der Waals surface area (Å²) in [5.74, 6) is -0.678. The molecule has 1 aromatic rings. The Balaban J connectivity index is 3.08. The molecule has 7 nitrogen and oxygen atoms in total. The average molecular weight is 343 g/mol. The molecule has 3 N–H and O–H groups in total. The van der Waals surface area contributed by atoms with Crippen LogP contribution in [0.2, 0.25) is 5.02 Å². The molecule has 0 saturated carbocycles. The van der Waals surface area contributed by atoms with Crippen molar-refractivity contribution in [3.05, 3.63) is 23.2 Å². The first-order valence-corrected chi connectivity index (χ1v) is 9.01. The molecule has 1 rings (SSSR count). The topological polar surface area (TPSA) is 118 Å². The Labute approximate surface area is 123 Å². The van der Waals surface area contributed by atoms with Crippen LogP contribution >= 0.6 is 11.6 Å². The molecule has 0 amide bonds. The minimum atomic E-state index is -4.24. The van der Waals surface area contributed by atoms with Crippen molar-refractivity contribution in [2.45, 2.75) is 11.8 Å². The van der Waals surface area contributed by atoms with Gasteiger partial charge in [-0.25, -0.2) is 8.42 Å². The second kappa shape index (κ2) is 6.27. The molecule has 0 aliphatic heterocycles. The van der Waals surface area contributed by atoms with Gasteiger partial charge in [0.2, 0.25) is 10.0 Å². The zero-order valence-electron chi connectivity index (χ0n) is 10.7. The standard InChI is InChI=1S/C10H15ClN2O5S2/c1-2-13(5-6-19(14,15)16)20(17,18)8-3-4-10(12)9(11)7-8/h3-4,7H,2,5-6,12H2,1H3,(H,14,15,16). The number of hydrogen-bond acceptors (Lipinski definition) is 5. The largest absolute Gasteiger partial charge is 0.398 e. The van der Waals surface area contributed by atoms with Crippen molar-refractivity contribution in [2.75, 3.05) is 24.6 Å². The lowest BCUT2D eigenvalue weighted by Crippen LogP contribution is -2.35. The molecule has 0 heterocycles. The fraction of sp³-hybridized carbons (Fsp3) is 0.400. The fourth-order valence-electron chi connectivity index (χ4n) is 1.48. The van der Waals surface area contributed by atoms with Crippen LogP contribution in [0.5, 0.6) is 0 Å². The van der Waals surface area contributed by atoms with Crippen LogP contribution in [0.4, 0.5) is 5.69 Å². The first-order chi connectivity index (χ1) is 9.08. The van der Waals surface area contributed by atoms with E-state index in [9.17, 15) is 16.8 Å². The van der Waals surface area contributed by atoms with E-state index in [2.05, 4.69) is 0 Å². The van der Waals surface area contributed by atoms with Gasteiger partial charge in [-0.15, -0.1) is 0 Å². The van der Waals surface area contributed by atoms with Crippen LogP contribution in [0.15, 0.2) is 23.1 Å². The molecule has 20 heavy (non-hydrogen) atoms. The highest BCUT2D eigenvalue weighted by molar-refractivity contribution is 7.89. The summed E-state index contributed by atoms with van der Waals surface area (Å²) in [4.78, 5) is -0.0890. The number of nitrogens with zero attached hydrogens (tertiary/aromatic N) is 1. The second-order valence-electron chi connectivity index (χ2n) is 3.97. The van der Waals surface area contributed by atoms with E-state index < -0.39 is 25.9 Å². The Hall–Kier alpha value is -0.870. The molecule has 114 valence electrons. The zero-order valence-corrected chi connectivity index (χ0v) is 13.0. The highest BCUT2D eigenvalue weighted by Crippen LogP contribution is 2.24. The van der Waals surface area contributed by atoms with Gasteiger partial charge in [-0.3, -0.25) is 4.55 Å². The molecule has 0 bridgehead atoms. The van der Waals surface area contributed by atoms with E-state index in [-0.39, 0.29) is 28.7 Å². The molecule has 0 aliphatic rings. The monoisotopic (exact) mass is 342 g/mol. The first-order valence-electron chi connectivity index (χ1n) is 5.58. The molecule has 10 heteroatoms. The predicted octanol–water partition coefficient (Wildman–Crippen LogP) is 0.821. The number of halogens is 1. The molecule has 0 atom stereocenters. The number of anilines is 1. The van der Waals surface area contributed by atoms with Gasteiger partial charge in [-0.05, 0) is 18.2 Å². The van der Waals surface area contributed by atoms with Crippen molar-refractivity contribution >= 4 is 37.4 Å². The summed E-state index contributed by atoms with van der Waals surface area (Å²) in [5.41, 5.74) is 5.75. The van der Waals surface area contributed by atoms with Crippen LogP contribution in [0.25, 0.3) is 0 Å². The van der Waals surface area contributed by atoms with Crippen LogP contribution in [-0.4, -0.2) is 44.5 Å². The number of rotatable bonds is 6. The normalized spacial score (nSPS) is 12.8. The van der Waals surface area contributed by atoms with Crippen molar-refractivity contribution in [1.82, 2.24) is 4.31 Å². The van der Waals surface area contributed by atoms with Crippen LogP contribution in [0.3, 0.4) is 0 Å². The summed E-state index contributed by atoms with van der Waals surface area (Å²) >= 11 is 5.77. The Morgan fingerprint density at radius 3 is 2.35 bits per heavy atom. The van der Waals surface area contributed by atoms with Gasteiger partial charge in [-0.2, -0.15) is 12.7 Å². The number of sulfonamides is 1. The molecule has 1 aromatic carbocycles. The molecule has 0 fully saturated rings. The van der Waals surface area contributed by atoms with Crippen molar-refractivity contribution in [2.24, 2.45) is 0 Å². The molecule has 0 saturated heterocycles. The number of benzene rings is 1. The third kappa shape index (κ3) is 4.32. The second-order valence-corrected chi connectivity index (χ2v) is 7.88. The van der Waals surface area contributed by atoms with Crippen LogP contribution in [-0.2, 0) is 20.1 Å². The van der Waals surface area contributed by atoms with E-state index in [1.165, 1.54) is 18.2 Å². The highest BCUT2D eigenvalue weighted by Gasteiger charge is 2.24. The van der Waals surface area contributed by atoms with Crippen LogP contribution in [0.1, 0.15) is 6.92 Å². The number of nitrogens with two attached hydrogens (primary N) is 1. The van der Waals surface area contributed by atoms with Gasteiger partial charge >= 0.3 is 0 Å². The van der Waals surface area contributed by atoms with Gasteiger partial charge in [0.1, 0.15) is 0 Å². The van der Waals surface area contributed by atoms with E-state index in [0.717, 1.165) is 4.31 Å². The summed E-state index contributed by atoms with van der Waals surface area (Å²) in [6.07, 6.45) is 0. The summed E-state index contributed by atoms with van der Waals surface area (Å²) in [6.45, 7) is 1.26. The van der Waals surface area contributed by atoms with E-state index >= 15 is 0 Å². The van der Waals surface area contributed by atoms with E-state index in [4.69, 9.17) is 21.9 Å². The zero-order chi connectivity index (χ0) is 15.6. The Bertz CT molecular complexity index is 688. The highest BCUT2D eigenvalue weighted by atomic mass is 35.5. The van der Waals surface area contributed by atoms with Gasteiger partial charge in [-0.1, -0.05) is 18.5 Å². The van der Waals surface area contributed by atoms with Gasteiger partial charge in [0, 0.05) is 13.1 Å². The minimum Gasteiger partial charge on any atom is -0.398 e. The van der Waals surface area contributed by atoms with Gasteiger partial charge in [0.05, 0.1) is 21.4 Å². The maximum atomic E-state index is 12.3. The van der Waals surface area contributed by atoms with Crippen molar-refractivity contribution in [1.29, 1.82) is 0 Å². The maximum absolute atomic E-state index is 12.3. The van der Waals surface area contributed by atoms with E-state index in [1.54, 1.807) is 6.92 Å². The SMILES string of the molecule is CCN(CCS(=O)(=O)O)S(=O)(=O)c1ccc(N)c(Cl)c1. The molecule has 0 aromatic heterocycles. The van der Waals surface area contributed by atoms with E-state index in [0.29, 0.717) is 0 Å². The van der Waals surface area contributed by atoms with Crippen molar-refractivity contribution in [3.8, 4) is 0 Å². The molecular formula is C10H15ClN2O5S2. The summed E-state index contributed by atoms with van der Waals surface area (Å²) in [6, 6.07) is 3.83. The third-order valence-corrected chi connectivity index (χ3v) is 5.56. The molecule has 0 aliphatic carbocycles. The third-order valence-electron chi connectivity index (χ3n) is 2.56. The van der Waals surface area contributed by atoms with Crippen molar-refractivity contribution in [3.63, 3.8) is 0 Å².